The highest BCUT2D eigenvalue weighted by atomic mass is 16.5. The van der Waals surface area contributed by atoms with Gasteiger partial charge in [0.25, 0.3) is 0 Å². The topological polar surface area (TPSA) is 57.0 Å². The molecular formula is C18H19N3O2. The van der Waals surface area contributed by atoms with Crippen LogP contribution in [-0.2, 0) is 11.2 Å². The number of ether oxygens (including phenoxy) is 1. The van der Waals surface area contributed by atoms with Crippen LogP contribution >= 0.6 is 0 Å². The summed E-state index contributed by atoms with van der Waals surface area (Å²) in [5.41, 5.74) is 4.32. The van der Waals surface area contributed by atoms with Crippen LogP contribution in [0.25, 0.3) is 16.6 Å². The summed E-state index contributed by atoms with van der Waals surface area (Å²) in [6.07, 6.45) is 4.05. The van der Waals surface area contributed by atoms with E-state index in [0.29, 0.717) is 18.6 Å². The SMILES string of the molecule is CCOC(=O)c1cnn(-c2c(C)ccc3ncccc23)c1CC. The number of carbonyl (C=O) groups is 1. The summed E-state index contributed by atoms with van der Waals surface area (Å²) in [6.45, 7) is 6.20. The Hall–Kier alpha value is -2.69. The maximum atomic E-state index is 12.1. The summed E-state index contributed by atoms with van der Waals surface area (Å²) >= 11 is 0. The largest absolute Gasteiger partial charge is 0.462 e. The van der Waals surface area contributed by atoms with Crippen LogP contribution in [-0.4, -0.2) is 27.3 Å². The van der Waals surface area contributed by atoms with Gasteiger partial charge in [-0.3, -0.25) is 4.98 Å². The molecule has 2 heterocycles. The number of aryl methyl sites for hydroxylation is 1. The van der Waals surface area contributed by atoms with Crippen LogP contribution in [0.2, 0.25) is 0 Å². The van der Waals surface area contributed by atoms with E-state index in [0.717, 1.165) is 27.8 Å². The van der Waals surface area contributed by atoms with Gasteiger partial charge in [-0.25, -0.2) is 9.48 Å². The Morgan fingerprint density at radius 1 is 1.26 bits per heavy atom. The second-order valence-electron chi connectivity index (χ2n) is 5.29. The lowest BCUT2D eigenvalue weighted by molar-refractivity contribution is 0.0525. The predicted molar refractivity (Wildman–Crippen MR) is 88.9 cm³/mol. The number of nitrogens with zero attached hydrogens (tertiary/aromatic N) is 3. The number of hydrogen-bond acceptors (Lipinski definition) is 4. The van der Waals surface area contributed by atoms with Gasteiger partial charge in [-0.05, 0) is 44.0 Å². The first-order chi connectivity index (χ1) is 11.2. The minimum Gasteiger partial charge on any atom is -0.462 e. The van der Waals surface area contributed by atoms with Crippen LogP contribution in [0.5, 0.6) is 0 Å². The molecule has 3 rings (SSSR count). The van der Waals surface area contributed by atoms with Gasteiger partial charge in [0.1, 0.15) is 5.56 Å². The molecule has 0 aliphatic rings. The lowest BCUT2D eigenvalue weighted by Crippen LogP contribution is -2.10. The monoisotopic (exact) mass is 309 g/mol. The Bertz CT molecular complexity index is 868. The van der Waals surface area contributed by atoms with E-state index in [1.54, 1.807) is 19.3 Å². The highest BCUT2D eigenvalue weighted by Gasteiger charge is 2.20. The first-order valence-electron chi connectivity index (χ1n) is 7.76. The summed E-state index contributed by atoms with van der Waals surface area (Å²) in [5.74, 6) is -0.327. The molecular weight excluding hydrogens is 290 g/mol. The van der Waals surface area contributed by atoms with Crippen LogP contribution in [0, 0.1) is 6.92 Å². The number of rotatable bonds is 4. The minimum absolute atomic E-state index is 0.327. The van der Waals surface area contributed by atoms with Gasteiger partial charge in [-0.15, -0.1) is 0 Å². The molecule has 0 bridgehead atoms. The van der Waals surface area contributed by atoms with E-state index < -0.39 is 0 Å². The molecule has 0 amide bonds. The van der Waals surface area contributed by atoms with E-state index in [2.05, 4.69) is 10.1 Å². The molecule has 5 nitrogen and oxygen atoms in total. The maximum Gasteiger partial charge on any atom is 0.341 e. The van der Waals surface area contributed by atoms with Crippen molar-refractivity contribution in [2.24, 2.45) is 0 Å². The van der Waals surface area contributed by atoms with Crippen LogP contribution < -0.4 is 0 Å². The fourth-order valence-electron chi connectivity index (χ4n) is 2.81. The summed E-state index contributed by atoms with van der Waals surface area (Å²) in [4.78, 5) is 16.5. The Kier molecular flexibility index (Phi) is 4.10. The van der Waals surface area contributed by atoms with Gasteiger partial charge in [0, 0.05) is 11.6 Å². The van der Waals surface area contributed by atoms with E-state index in [1.807, 2.05) is 42.8 Å². The molecule has 0 radical (unpaired) electrons. The van der Waals surface area contributed by atoms with Crippen molar-refractivity contribution in [2.75, 3.05) is 6.61 Å². The van der Waals surface area contributed by atoms with E-state index >= 15 is 0 Å². The summed E-state index contributed by atoms with van der Waals surface area (Å²) in [5, 5.41) is 5.47. The molecule has 118 valence electrons. The molecule has 1 aromatic carbocycles. The van der Waals surface area contributed by atoms with Gasteiger partial charge in [-0.1, -0.05) is 13.0 Å². The third-order valence-electron chi connectivity index (χ3n) is 3.87. The first kappa shape index (κ1) is 15.2. The lowest BCUT2D eigenvalue weighted by atomic mass is 10.1. The van der Waals surface area contributed by atoms with E-state index in [9.17, 15) is 4.79 Å². The first-order valence-corrected chi connectivity index (χ1v) is 7.76. The van der Waals surface area contributed by atoms with Gasteiger partial charge < -0.3 is 4.74 Å². The summed E-state index contributed by atoms with van der Waals surface area (Å²) < 4.78 is 6.97. The van der Waals surface area contributed by atoms with E-state index in [4.69, 9.17) is 4.74 Å². The van der Waals surface area contributed by atoms with Crippen molar-refractivity contribution in [1.29, 1.82) is 0 Å². The van der Waals surface area contributed by atoms with Gasteiger partial charge in [0.15, 0.2) is 0 Å². The van der Waals surface area contributed by atoms with Crippen molar-refractivity contribution >= 4 is 16.9 Å². The number of benzene rings is 1. The molecule has 5 heteroatoms. The zero-order valence-corrected chi connectivity index (χ0v) is 13.5. The maximum absolute atomic E-state index is 12.1. The van der Waals surface area contributed by atoms with Crippen molar-refractivity contribution in [2.45, 2.75) is 27.2 Å². The van der Waals surface area contributed by atoms with Gasteiger partial charge in [0.2, 0.25) is 0 Å². The third-order valence-corrected chi connectivity index (χ3v) is 3.87. The molecule has 0 saturated heterocycles. The third kappa shape index (κ3) is 2.59. The highest BCUT2D eigenvalue weighted by Crippen LogP contribution is 2.26. The number of hydrogen-bond donors (Lipinski definition) is 0. The van der Waals surface area contributed by atoms with Crippen LogP contribution in [0.1, 0.15) is 35.5 Å². The van der Waals surface area contributed by atoms with Gasteiger partial charge >= 0.3 is 5.97 Å². The second kappa shape index (κ2) is 6.20. The molecule has 0 atom stereocenters. The Labute approximate surface area is 134 Å². The molecule has 0 aliphatic carbocycles. The van der Waals surface area contributed by atoms with Gasteiger partial charge in [0.05, 0.1) is 29.7 Å². The highest BCUT2D eigenvalue weighted by molar-refractivity contribution is 5.92. The van der Waals surface area contributed by atoms with E-state index in [-0.39, 0.29) is 5.97 Å². The zero-order chi connectivity index (χ0) is 16.4. The predicted octanol–water partition coefficient (Wildman–Crippen LogP) is 3.47. The molecule has 3 aromatic rings. The molecule has 0 spiro atoms. The van der Waals surface area contributed by atoms with Crippen LogP contribution in [0.3, 0.4) is 0 Å². The molecule has 2 aromatic heterocycles. The average Bonchev–Trinajstić information content (AvgIpc) is 2.98. The van der Waals surface area contributed by atoms with Crippen molar-refractivity contribution in [1.82, 2.24) is 14.8 Å². The summed E-state index contributed by atoms with van der Waals surface area (Å²) in [6, 6.07) is 7.95. The zero-order valence-electron chi connectivity index (χ0n) is 13.5. The molecule has 0 aliphatic heterocycles. The standard InChI is InChI=1S/C18H19N3O2/c1-4-16-14(18(22)23-5-2)11-20-21(16)17-12(3)8-9-15-13(17)7-6-10-19-15/h6-11H,4-5H2,1-3H3. The second-order valence-corrected chi connectivity index (χ2v) is 5.29. The van der Waals surface area contributed by atoms with Gasteiger partial charge in [-0.2, -0.15) is 5.10 Å². The minimum atomic E-state index is -0.327. The Balaban J connectivity index is 2.24. The lowest BCUT2D eigenvalue weighted by Gasteiger charge is -2.13. The number of fused-ring (bicyclic) bond motifs is 1. The molecule has 23 heavy (non-hydrogen) atoms. The number of carbonyl (C=O) groups excluding carboxylic acids is 1. The summed E-state index contributed by atoms with van der Waals surface area (Å²) in [7, 11) is 0. The Morgan fingerprint density at radius 3 is 2.83 bits per heavy atom. The smallest absolute Gasteiger partial charge is 0.341 e. The fourth-order valence-corrected chi connectivity index (χ4v) is 2.81. The van der Waals surface area contributed by atoms with Crippen LogP contribution in [0.15, 0.2) is 36.7 Å². The quantitative estimate of drug-likeness (QED) is 0.692. The number of pyridine rings is 1. The normalized spacial score (nSPS) is 10.9. The molecule has 0 unspecified atom stereocenters. The van der Waals surface area contributed by atoms with Crippen molar-refractivity contribution < 1.29 is 9.53 Å². The van der Waals surface area contributed by atoms with Crippen molar-refractivity contribution in [3.8, 4) is 5.69 Å². The van der Waals surface area contributed by atoms with Crippen LogP contribution in [0.4, 0.5) is 0 Å². The van der Waals surface area contributed by atoms with E-state index in [1.165, 1.54) is 0 Å². The van der Waals surface area contributed by atoms with Crippen molar-refractivity contribution in [3.63, 3.8) is 0 Å². The Morgan fingerprint density at radius 2 is 2.09 bits per heavy atom. The average molecular weight is 309 g/mol. The van der Waals surface area contributed by atoms with Crippen molar-refractivity contribution in [3.05, 3.63) is 53.5 Å². The molecule has 0 N–H and O–H groups in total. The fraction of sp³-hybridized carbons (Fsp3) is 0.278. The number of esters is 1. The molecule has 0 fully saturated rings. The molecule has 0 saturated carbocycles. The number of aromatic nitrogens is 3.